The van der Waals surface area contributed by atoms with E-state index >= 15 is 0 Å². The van der Waals surface area contributed by atoms with Crippen molar-refractivity contribution in [2.45, 2.75) is 58.2 Å². The van der Waals surface area contributed by atoms with Crippen LogP contribution in [-0.2, 0) is 14.7 Å². The summed E-state index contributed by atoms with van der Waals surface area (Å²) in [5, 5.41) is 6.71. The van der Waals surface area contributed by atoms with Crippen LogP contribution in [0.4, 0.5) is 0 Å². The highest BCUT2D eigenvalue weighted by molar-refractivity contribution is 6.66. The minimum Gasteiger partial charge on any atom is -0.456 e. The van der Waals surface area contributed by atoms with Gasteiger partial charge in [-0.1, -0.05) is 74.5 Å². The lowest BCUT2D eigenvalue weighted by Gasteiger charge is -2.32. The zero-order valence-corrected chi connectivity index (χ0v) is 29.5. The predicted molar refractivity (Wildman–Crippen MR) is 209 cm³/mol. The summed E-state index contributed by atoms with van der Waals surface area (Å²) in [4.78, 5) is 0. The minimum absolute atomic E-state index is 0.149. The van der Waals surface area contributed by atoms with Crippen LogP contribution >= 0.6 is 0 Å². The Morgan fingerprint density at radius 3 is 1.96 bits per heavy atom. The minimum atomic E-state index is -0.606. The fourth-order valence-electron chi connectivity index (χ4n) is 8.89. The molecule has 1 aliphatic carbocycles. The number of benzene rings is 6. The van der Waals surface area contributed by atoms with Crippen molar-refractivity contribution >= 4 is 78.3 Å². The highest BCUT2D eigenvalue weighted by Gasteiger charge is 2.53. The van der Waals surface area contributed by atoms with Gasteiger partial charge >= 0.3 is 7.12 Å². The van der Waals surface area contributed by atoms with Gasteiger partial charge in [0.25, 0.3) is 0 Å². The maximum Gasteiger partial charge on any atom is 0.498 e. The lowest BCUT2D eigenvalue weighted by Crippen LogP contribution is -2.41. The summed E-state index contributed by atoms with van der Waals surface area (Å²) in [7, 11) is -0.606. The first-order valence-corrected chi connectivity index (χ1v) is 17.9. The summed E-state index contributed by atoms with van der Waals surface area (Å²) in [5.74, 6) is 0. The Kier molecular flexibility index (Phi) is 5.50. The Balaban J connectivity index is 1.33. The first kappa shape index (κ1) is 29.4. The van der Waals surface area contributed by atoms with E-state index in [4.69, 9.17) is 18.1 Å². The van der Waals surface area contributed by atoms with Crippen LogP contribution in [0.25, 0.3) is 82.5 Å². The Morgan fingerprint density at radius 2 is 1.18 bits per heavy atom. The second-order valence-corrected chi connectivity index (χ2v) is 16.0. The topological polar surface area (TPSA) is 49.7 Å². The molecule has 0 spiro atoms. The van der Waals surface area contributed by atoms with Crippen molar-refractivity contribution in [3.8, 4) is 16.8 Å². The summed E-state index contributed by atoms with van der Waals surface area (Å²) >= 11 is 0. The predicted octanol–water partition coefficient (Wildman–Crippen LogP) is 11.2. The van der Waals surface area contributed by atoms with Gasteiger partial charge in [0.2, 0.25) is 0 Å². The van der Waals surface area contributed by atoms with E-state index in [0.717, 1.165) is 71.4 Å². The fraction of sp³-hybridized carbons (Fsp3) is 0.200. The van der Waals surface area contributed by atoms with Crippen LogP contribution in [0.3, 0.4) is 0 Å². The maximum absolute atomic E-state index is 6.80. The van der Waals surface area contributed by atoms with Crippen LogP contribution in [0.1, 0.15) is 52.7 Å². The number of rotatable bonds is 2. The molecule has 0 radical (unpaired) electrons. The van der Waals surface area contributed by atoms with Crippen LogP contribution in [0, 0.1) is 0 Å². The van der Waals surface area contributed by atoms with Crippen molar-refractivity contribution in [1.29, 1.82) is 0 Å². The zero-order chi connectivity index (χ0) is 34.6. The van der Waals surface area contributed by atoms with E-state index in [1.54, 1.807) is 0 Å². The molecule has 4 heterocycles. The van der Waals surface area contributed by atoms with Crippen LogP contribution in [0.2, 0.25) is 0 Å². The molecular formula is C45H36BNO4. The standard InChI is InChI=1S/C45H36BNO4/c1-43(2)32-16-10-7-13-26(32)29-23-35-31(22-33(29)43)40-36(47(35)25-19-20-39-30(21-25)27-14-8-11-17-37(27)48-39)24-34(46-50-44(3,4)45(5,6)51-46)42-41(40)28-15-9-12-18-38(28)49-42/h7-24H,1-6H3. The molecule has 0 atom stereocenters. The van der Waals surface area contributed by atoms with Crippen molar-refractivity contribution in [3.63, 3.8) is 0 Å². The van der Waals surface area contributed by atoms with E-state index in [1.807, 2.05) is 18.2 Å². The molecule has 5 nitrogen and oxygen atoms in total. The molecule has 0 bridgehead atoms. The number of aromatic nitrogens is 1. The third-order valence-corrected chi connectivity index (χ3v) is 12.2. The number of furan rings is 2. The normalized spacial score (nSPS) is 17.5. The van der Waals surface area contributed by atoms with E-state index < -0.39 is 18.3 Å². The van der Waals surface area contributed by atoms with Crippen molar-refractivity contribution in [1.82, 2.24) is 4.57 Å². The number of hydrogen-bond acceptors (Lipinski definition) is 4. The molecule has 6 heteroatoms. The molecule has 3 aromatic heterocycles. The quantitative estimate of drug-likeness (QED) is 0.173. The third kappa shape index (κ3) is 3.74. The molecule has 2 aliphatic rings. The highest BCUT2D eigenvalue weighted by atomic mass is 16.7. The average molecular weight is 666 g/mol. The van der Waals surface area contributed by atoms with Gasteiger partial charge in [0.1, 0.15) is 22.3 Å². The summed E-state index contributed by atoms with van der Waals surface area (Å²) in [5.41, 5.74) is 11.7. The molecule has 11 rings (SSSR count). The molecular weight excluding hydrogens is 629 g/mol. The Hall–Kier alpha value is -5.30. The van der Waals surface area contributed by atoms with E-state index in [1.165, 1.54) is 27.6 Å². The molecule has 0 saturated carbocycles. The molecule has 0 amide bonds. The number of hydrogen-bond donors (Lipinski definition) is 0. The van der Waals surface area contributed by atoms with Crippen molar-refractivity contribution in [2.24, 2.45) is 0 Å². The largest absolute Gasteiger partial charge is 0.498 e. The van der Waals surface area contributed by atoms with Gasteiger partial charge < -0.3 is 22.7 Å². The van der Waals surface area contributed by atoms with E-state index in [9.17, 15) is 0 Å². The van der Waals surface area contributed by atoms with Gasteiger partial charge in [0, 0.05) is 48.9 Å². The molecule has 51 heavy (non-hydrogen) atoms. The van der Waals surface area contributed by atoms with Crippen LogP contribution in [0.15, 0.2) is 118 Å². The van der Waals surface area contributed by atoms with Crippen LogP contribution in [-0.4, -0.2) is 22.9 Å². The van der Waals surface area contributed by atoms with E-state index in [0.29, 0.717) is 0 Å². The van der Waals surface area contributed by atoms with Crippen molar-refractivity contribution < 1.29 is 18.1 Å². The average Bonchev–Trinajstić information content (AvgIpc) is 3.87. The van der Waals surface area contributed by atoms with Crippen molar-refractivity contribution in [2.75, 3.05) is 0 Å². The summed E-state index contributed by atoms with van der Waals surface area (Å²) in [6.45, 7) is 13.1. The smallest absolute Gasteiger partial charge is 0.456 e. The fourth-order valence-corrected chi connectivity index (χ4v) is 8.89. The zero-order valence-electron chi connectivity index (χ0n) is 29.5. The first-order valence-electron chi connectivity index (χ1n) is 17.9. The second-order valence-electron chi connectivity index (χ2n) is 16.0. The van der Waals surface area contributed by atoms with Crippen LogP contribution in [0.5, 0.6) is 0 Å². The SMILES string of the molecule is CC1(C)c2ccccc2-c2cc3c(cc21)c1c2c(oc4ccccc42)c(B2OC(C)(C)C(C)(C)O2)cc1n3-c1ccc2oc3ccccc3c2c1. The first-order chi connectivity index (χ1) is 24.5. The molecule has 248 valence electrons. The second kappa shape index (κ2) is 9.52. The molecule has 6 aromatic carbocycles. The Morgan fingerprint density at radius 1 is 0.510 bits per heavy atom. The van der Waals surface area contributed by atoms with Gasteiger partial charge in [-0.05, 0) is 98.5 Å². The number of nitrogens with zero attached hydrogens (tertiary/aromatic N) is 1. The Labute approximate surface area is 295 Å². The molecule has 0 N–H and O–H groups in total. The monoisotopic (exact) mass is 665 g/mol. The van der Waals surface area contributed by atoms with E-state index in [2.05, 4.69) is 137 Å². The molecule has 0 unspecified atom stereocenters. The lowest BCUT2D eigenvalue weighted by molar-refractivity contribution is 0.00578. The molecule has 1 aliphatic heterocycles. The van der Waals surface area contributed by atoms with Gasteiger partial charge in [-0.15, -0.1) is 0 Å². The molecule has 1 saturated heterocycles. The molecule has 9 aromatic rings. The van der Waals surface area contributed by atoms with Crippen molar-refractivity contribution in [3.05, 3.63) is 120 Å². The lowest BCUT2D eigenvalue weighted by atomic mass is 9.77. The summed E-state index contributed by atoms with van der Waals surface area (Å²) in [6, 6.07) is 39.2. The van der Waals surface area contributed by atoms with E-state index in [-0.39, 0.29) is 5.41 Å². The number of fused-ring (bicyclic) bond motifs is 13. The third-order valence-electron chi connectivity index (χ3n) is 12.2. The van der Waals surface area contributed by atoms with Crippen LogP contribution < -0.4 is 5.46 Å². The van der Waals surface area contributed by atoms with Gasteiger partial charge in [0.05, 0.1) is 22.2 Å². The highest BCUT2D eigenvalue weighted by Crippen LogP contribution is 2.52. The Bertz CT molecular complexity index is 2960. The van der Waals surface area contributed by atoms with Gasteiger partial charge in [0.15, 0.2) is 0 Å². The summed E-state index contributed by atoms with van der Waals surface area (Å²) < 4.78 is 29.0. The maximum atomic E-state index is 6.80. The summed E-state index contributed by atoms with van der Waals surface area (Å²) in [6.07, 6.45) is 0. The van der Waals surface area contributed by atoms with Gasteiger partial charge in [-0.2, -0.15) is 0 Å². The number of para-hydroxylation sites is 2. The van der Waals surface area contributed by atoms with Gasteiger partial charge in [-0.3, -0.25) is 0 Å². The van der Waals surface area contributed by atoms with Gasteiger partial charge in [-0.25, -0.2) is 0 Å². The molecule has 1 fully saturated rings.